The Morgan fingerprint density at radius 1 is 0.800 bits per heavy atom. The van der Waals surface area contributed by atoms with Crippen LogP contribution in [0, 0.1) is 6.92 Å². The summed E-state index contributed by atoms with van der Waals surface area (Å²) in [7, 11) is 1.60. The number of nitrogens with one attached hydrogen (secondary N) is 3. The fraction of sp³-hybridized carbons (Fsp3) is 0.0833. The number of benzene rings is 3. The van der Waals surface area contributed by atoms with Crippen LogP contribution in [0.15, 0.2) is 78.9 Å². The Morgan fingerprint density at radius 2 is 1.40 bits per heavy atom. The molecule has 0 aliphatic carbocycles. The zero-order valence-corrected chi connectivity index (χ0v) is 16.8. The topological polar surface area (TPSA) is 79.5 Å². The number of para-hydroxylation sites is 1. The molecule has 3 rings (SSSR count). The SMILES string of the molecule is COc1ccc(C)cc1/C=C/C(=O)Nc1ccc(NC(=O)Nc2ccccc2)cc1. The van der Waals surface area contributed by atoms with Crippen molar-refractivity contribution in [2.75, 3.05) is 23.1 Å². The minimum absolute atomic E-state index is 0.263. The Labute approximate surface area is 175 Å². The Morgan fingerprint density at radius 3 is 2.03 bits per heavy atom. The van der Waals surface area contributed by atoms with E-state index < -0.39 is 0 Å². The number of carbonyl (C=O) groups is 2. The average Bonchev–Trinajstić information content (AvgIpc) is 2.74. The van der Waals surface area contributed by atoms with Gasteiger partial charge in [0.25, 0.3) is 0 Å². The van der Waals surface area contributed by atoms with Crippen LogP contribution in [0.2, 0.25) is 0 Å². The molecule has 0 saturated carbocycles. The van der Waals surface area contributed by atoms with Crippen LogP contribution >= 0.6 is 0 Å². The maximum atomic E-state index is 12.2. The van der Waals surface area contributed by atoms with Crippen LogP contribution in [-0.2, 0) is 4.79 Å². The van der Waals surface area contributed by atoms with E-state index in [1.807, 2.05) is 43.3 Å². The predicted octanol–water partition coefficient (Wildman–Crippen LogP) is 5.30. The number of urea groups is 1. The molecule has 0 fully saturated rings. The van der Waals surface area contributed by atoms with E-state index >= 15 is 0 Å². The first-order chi connectivity index (χ1) is 14.5. The molecule has 0 unspecified atom stereocenters. The highest BCUT2D eigenvalue weighted by Crippen LogP contribution is 2.21. The number of anilines is 3. The molecule has 6 nitrogen and oxygen atoms in total. The molecule has 0 bridgehead atoms. The zero-order chi connectivity index (χ0) is 21.3. The van der Waals surface area contributed by atoms with Crippen molar-refractivity contribution in [3.63, 3.8) is 0 Å². The van der Waals surface area contributed by atoms with Crippen LogP contribution in [0.3, 0.4) is 0 Å². The quantitative estimate of drug-likeness (QED) is 0.491. The molecule has 6 heteroatoms. The molecule has 30 heavy (non-hydrogen) atoms. The lowest BCUT2D eigenvalue weighted by molar-refractivity contribution is -0.111. The Hall–Kier alpha value is -4.06. The molecular weight excluding hydrogens is 378 g/mol. The lowest BCUT2D eigenvalue weighted by Crippen LogP contribution is -2.19. The number of ether oxygens (including phenoxy) is 1. The van der Waals surface area contributed by atoms with Gasteiger partial charge in [-0.05, 0) is 61.5 Å². The third-order valence-electron chi connectivity index (χ3n) is 4.24. The van der Waals surface area contributed by atoms with Gasteiger partial charge in [-0.2, -0.15) is 0 Å². The Bertz CT molecular complexity index is 1050. The molecule has 0 aliphatic rings. The fourth-order valence-corrected chi connectivity index (χ4v) is 2.79. The van der Waals surface area contributed by atoms with E-state index in [-0.39, 0.29) is 11.9 Å². The van der Waals surface area contributed by atoms with E-state index in [4.69, 9.17) is 4.74 Å². The van der Waals surface area contributed by atoms with Crippen LogP contribution < -0.4 is 20.7 Å². The van der Waals surface area contributed by atoms with E-state index in [1.54, 1.807) is 49.6 Å². The highest BCUT2D eigenvalue weighted by Gasteiger charge is 2.04. The van der Waals surface area contributed by atoms with Gasteiger partial charge in [-0.1, -0.05) is 29.8 Å². The molecule has 3 amide bonds. The third kappa shape index (κ3) is 5.97. The van der Waals surface area contributed by atoms with Gasteiger partial charge < -0.3 is 20.7 Å². The van der Waals surface area contributed by atoms with Gasteiger partial charge in [-0.15, -0.1) is 0 Å². The summed E-state index contributed by atoms with van der Waals surface area (Å²) in [5.74, 6) is 0.440. The number of aryl methyl sites for hydroxylation is 1. The average molecular weight is 401 g/mol. The van der Waals surface area contributed by atoms with Crippen LogP contribution in [0.25, 0.3) is 6.08 Å². The summed E-state index contributed by atoms with van der Waals surface area (Å²) in [5, 5.41) is 8.28. The van der Waals surface area contributed by atoms with Crippen LogP contribution in [-0.4, -0.2) is 19.0 Å². The van der Waals surface area contributed by atoms with E-state index in [0.717, 1.165) is 11.1 Å². The van der Waals surface area contributed by atoms with E-state index in [1.165, 1.54) is 6.08 Å². The Balaban J connectivity index is 1.55. The van der Waals surface area contributed by atoms with Crippen molar-refractivity contribution >= 4 is 35.1 Å². The summed E-state index contributed by atoms with van der Waals surface area (Å²) in [6.45, 7) is 1.98. The minimum Gasteiger partial charge on any atom is -0.496 e. The van der Waals surface area contributed by atoms with Crippen molar-refractivity contribution in [2.45, 2.75) is 6.92 Å². The lowest BCUT2D eigenvalue weighted by atomic mass is 10.1. The summed E-state index contributed by atoms with van der Waals surface area (Å²) in [5.41, 5.74) is 3.85. The summed E-state index contributed by atoms with van der Waals surface area (Å²) in [6.07, 6.45) is 3.17. The number of methoxy groups -OCH3 is 1. The number of rotatable bonds is 6. The van der Waals surface area contributed by atoms with Crippen molar-refractivity contribution in [3.8, 4) is 5.75 Å². The first kappa shape index (κ1) is 20.7. The summed E-state index contributed by atoms with van der Waals surface area (Å²) >= 11 is 0. The first-order valence-corrected chi connectivity index (χ1v) is 9.40. The van der Waals surface area contributed by atoms with Gasteiger partial charge in [0, 0.05) is 28.7 Å². The molecule has 0 aromatic heterocycles. The van der Waals surface area contributed by atoms with Crippen LogP contribution in [0.1, 0.15) is 11.1 Å². The highest BCUT2D eigenvalue weighted by atomic mass is 16.5. The van der Waals surface area contributed by atoms with Crippen molar-refractivity contribution in [1.82, 2.24) is 0 Å². The second-order valence-corrected chi connectivity index (χ2v) is 6.59. The van der Waals surface area contributed by atoms with Gasteiger partial charge in [0.15, 0.2) is 0 Å². The molecule has 0 atom stereocenters. The molecule has 0 radical (unpaired) electrons. The molecule has 0 heterocycles. The minimum atomic E-state index is -0.340. The molecule has 0 saturated heterocycles. The fourth-order valence-electron chi connectivity index (χ4n) is 2.79. The molecular formula is C24H23N3O3. The predicted molar refractivity (Wildman–Crippen MR) is 121 cm³/mol. The summed E-state index contributed by atoms with van der Waals surface area (Å²) < 4.78 is 5.31. The Kier molecular flexibility index (Phi) is 6.84. The van der Waals surface area contributed by atoms with Crippen molar-refractivity contribution < 1.29 is 14.3 Å². The molecule has 0 spiro atoms. The largest absolute Gasteiger partial charge is 0.496 e. The number of carbonyl (C=O) groups excluding carboxylic acids is 2. The monoisotopic (exact) mass is 401 g/mol. The third-order valence-corrected chi connectivity index (χ3v) is 4.24. The highest BCUT2D eigenvalue weighted by molar-refractivity contribution is 6.03. The molecule has 0 aliphatic heterocycles. The van der Waals surface area contributed by atoms with Crippen molar-refractivity contribution in [2.24, 2.45) is 0 Å². The van der Waals surface area contributed by atoms with Gasteiger partial charge in [-0.25, -0.2) is 4.79 Å². The normalized spacial score (nSPS) is 10.5. The number of hydrogen-bond acceptors (Lipinski definition) is 3. The van der Waals surface area contributed by atoms with E-state index in [2.05, 4.69) is 16.0 Å². The summed E-state index contributed by atoms with van der Waals surface area (Å²) in [6, 6.07) is 21.5. The summed E-state index contributed by atoms with van der Waals surface area (Å²) in [4.78, 5) is 24.2. The first-order valence-electron chi connectivity index (χ1n) is 9.40. The zero-order valence-electron chi connectivity index (χ0n) is 16.8. The van der Waals surface area contributed by atoms with Gasteiger partial charge >= 0.3 is 6.03 Å². The van der Waals surface area contributed by atoms with Crippen molar-refractivity contribution in [1.29, 1.82) is 0 Å². The standard InChI is InChI=1S/C24H23N3O3/c1-17-8-14-22(30-2)18(16-17)9-15-23(28)25-20-10-12-21(13-11-20)27-24(29)26-19-6-4-3-5-7-19/h3-16H,1-2H3,(H,25,28)(H2,26,27,29)/b15-9+. The molecule has 3 N–H and O–H groups in total. The van der Waals surface area contributed by atoms with Crippen LogP contribution in [0.5, 0.6) is 5.75 Å². The van der Waals surface area contributed by atoms with Gasteiger partial charge in [-0.3, -0.25) is 4.79 Å². The van der Waals surface area contributed by atoms with Gasteiger partial charge in [0.2, 0.25) is 5.91 Å². The van der Waals surface area contributed by atoms with Gasteiger partial charge in [0.05, 0.1) is 7.11 Å². The molecule has 3 aromatic carbocycles. The lowest BCUT2D eigenvalue weighted by Gasteiger charge is -2.09. The smallest absolute Gasteiger partial charge is 0.323 e. The second-order valence-electron chi connectivity index (χ2n) is 6.59. The second kappa shape index (κ2) is 9.93. The maximum Gasteiger partial charge on any atom is 0.323 e. The number of hydrogen-bond donors (Lipinski definition) is 3. The molecule has 3 aromatic rings. The number of amides is 3. The van der Waals surface area contributed by atoms with E-state index in [9.17, 15) is 9.59 Å². The van der Waals surface area contributed by atoms with E-state index in [0.29, 0.717) is 22.8 Å². The van der Waals surface area contributed by atoms with Crippen LogP contribution in [0.4, 0.5) is 21.9 Å². The van der Waals surface area contributed by atoms with Gasteiger partial charge in [0.1, 0.15) is 5.75 Å². The molecule has 152 valence electrons. The van der Waals surface area contributed by atoms with Crippen molar-refractivity contribution in [3.05, 3.63) is 90.0 Å². The maximum absolute atomic E-state index is 12.2.